The predicted molar refractivity (Wildman–Crippen MR) is 51.9 cm³/mol. The Kier molecular flexibility index (Phi) is 2.73. The van der Waals surface area contributed by atoms with E-state index in [9.17, 15) is 0 Å². The molecule has 0 saturated carbocycles. The van der Waals surface area contributed by atoms with Crippen LogP contribution in [0.5, 0.6) is 0 Å². The molecule has 0 aromatic heterocycles. The van der Waals surface area contributed by atoms with Crippen LogP contribution in [0, 0.1) is 11.3 Å². The lowest BCUT2D eigenvalue weighted by molar-refractivity contribution is 0.212. The van der Waals surface area contributed by atoms with E-state index in [1.165, 1.54) is 5.57 Å². The number of aliphatic hydroxyl groups excluding tert-OH is 1. The van der Waals surface area contributed by atoms with Crippen molar-refractivity contribution in [3.05, 3.63) is 23.8 Å². The third-order valence-electron chi connectivity index (χ3n) is 2.54. The molecule has 0 heterocycles. The van der Waals surface area contributed by atoms with Crippen LogP contribution in [0.4, 0.5) is 0 Å². The van der Waals surface area contributed by atoms with E-state index in [-0.39, 0.29) is 12.0 Å². The molecular weight excluding hydrogens is 148 g/mol. The summed E-state index contributed by atoms with van der Waals surface area (Å²) in [5.74, 6) is 0.343. The fourth-order valence-corrected chi connectivity index (χ4v) is 1.67. The summed E-state index contributed by atoms with van der Waals surface area (Å²) >= 11 is 0. The van der Waals surface area contributed by atoms with Crippen LogP contribution in [0.2, 0.25) is 0 Å². The molecule has 1 heteroatoms. The maximum Gasteiger partial charge on any atom is 0.0496 e. The van der Waals surface area contributed by atoms with Gasteiger partial charge in [-0.2, -0.15) is 0 Å². The van der Waals surface area contributed by atoms with Crippen LogP contribution in [-0.2, 0) is 0 Å². The third kappa shape index (κ3) is 2.21. The first-order chi connectivity index (χ1) is 5.55. The molecule has 0 aromatic rings. The van der Waals surface area contributed by atoms with E-state index in [1.807, 2.05) is 0 Å². The first-order valence-corrected chi connectivity index (χ1v) is 4.52. The maximum absolute atomic E-state index is 9.15. The van der Waals surface area contributed by atoms with Crippen LogP contribution < -0.4 is 0 Å². The Bertz CT molecular complexity index is 211. The van der Waals surface area contributed by atoms with Crippen LogP contribution in [0.1, 0.15) is 27.2 Å². The second-order valence-electron chi connectivity index (χ2n) is 4.34. The van der Waals surface area contributed by atoms with Crippen molar-refractivity contribution in [2.45, 2.75) is 27.2 Å². The maximum atomic E-state index is 9.15. The van der Waals surface area contributed by atoms with Crippen LogP contribution in [-0.4, -0.2) is 11.7 Å². The Balaban J connectivity index is 2.79. The van der Waals surface area contributed by atoms with Crippen LogP contribution in [0.3, 0.4) is 0 Å². The van der Waals surface area contributed by atoms with Crippen molar-refractivity contribution >= 4 is 0 Å². The normalized spacial score (nSPS) is 28.0. The highest BCUT2D eigenvalue weighted by molar-refractivity contribution is 5.19. The van der Waals surface area contributed by atoms with E-state index in [2.05, 4.69) is 39.0 Å². The van der Waals surface area contributed by atoms with Crippen molar-refractivity contribution in [3.8, 4) is 0 Å². The molecule has 1 atom stereocenters. The second-order valence-corrected chi connectivity index (χ2v) is 4.34. The molecule has 0 spiro atoms. The molecular formula is C11H18O. The van der Waals surface area contributed by atoms with Crippen molar-refractivity contribution in [1.82, 2.24) is 0 Å². The van der Waals surface area contributed by atoms with E-state index < -0.39 is 0 Å². The molecule has 0 aromatic carbocycles. The lowest BCUT2D eigenvalue weighted by atomic mass is 9.82. The summed E-state index contributed by atoms with van der Waals surface area (Å²) in [4.78, 5) is 0. The summed E-state index contributed by atoms with van der Waals surface area (Å²) in [6.45, 7) is 6.78. The minimum Gasteiger partial charge on any atom is -0.396 e. The van der Waals surface area contributed by atoms with Gasteiger partial charge >= 0.3 is 0 Å². The molecule has 1 aliphatic carbocycles. The molecule has 1 N–H and O–H groups in total. The number of aliphatic hydroxyl groups is 1. The van der Waals surface area contributed by atoms with Gasteiger partial charge < -0.3 is 5.11 Å². The molecule has 0 amide bonds. The number of hydrogen-bond donors (Lipinski definition) is 1. The van der Waals surface area contributed by atoms with Gasteiger partial charge in [0.2, 0.25) is 0 Å². The molecule has 12 heavy (non-hydrogen) atoms. The third-order valence-corrected chi connectivity index (χ3v) is 2.54. The second kappa shape index (κ2) is 3.44. The van der Waals surface area contributed by atoms with Gasteiger partial charge in [0.1, 0.15) is 0 Å². The Labute approximate surface area is 74.8 Å². The van der Waals surface area contributed by atoms with Crippen LogP contribution in [0.25, 0.3) is 0 Å². The summed E-state index contributed by atoms with van der Waals surface area (Å²) in [5.41, 5.74) is 1.51. The van der Waals surface area contributed by atoms with Gasteiger partial charge in [0.15, 0.2) is 0 Å². The van der Waals surface area contributed by atoms with Gasteiger partial charge in [-0.3, -0.25) is 0 Å². The Morgan fingerprint density at radius 1 is 1.58 bits per heavy atom. The summed E-state index contributed by atoms with van der Waals surface area (Å²) in [7, 11) is 0. The molecule has 0 radical (unpaired) electrons. The Morgan fingerprint density at radius 2 is 2.25 bits per heavy atom. The zero-order chi connectivity index (χ0) is 9.19. The SMILES string of the molecule is CC1=CC=CC(C)(C)CC1CO. The van der Waals surface area contributed by atoms with Crippen molar-refractivity contribution in [2.75, 3.05) is 6.61 Å². The van der Waals surface area contributed by atoms with E-state index in [0.29, 0.717) is 5.92 Å². The topological polar surface area (TPSA) is 20.2 Å². The minimum atomic E-state index is 0.224. The quantitative estimate of drug-likeness (QED) is 0.634. The van der Waals surface area contributed by atoms with Crippen molar-refractivity contribution in [3.63, 3.8) is 0 Å². The zero-order valence-electron chi connectivity index (χ0n) is 8.17. The number of rotatable bonds is 1. The number of allylic oxidation sites excluding steroid dienone is 3. The van der Waals surface area contributed by atoms with E-state index in [0.717, 1.165) is 6.42 Å². The van der Waals surface area contributed by atoms with E-state index >= 15 is 0 Å². The highest BCUT2D eigenvalue weighted by atomic mass is 16.3. The van der Waals surface area contributed by atoms with E-state index in [4.69, 9.17) is 5.11 Å². The molecule has 0 fully saturated rings. The minimum absolute atomic E-state index is 0.224. The molecule has 1 aliphatic rings. The molecule has 1 nitrogen and oxygen atoms in total. The van der Waals surface area contributed by atoms with Crippen molar-refractivity contribution < 1.29 is 5.11 Å². The van der Waals surface area contributed by atoms with Crippen molar-refractivity contribution in [2.24, 2.45) is 11.3 Å². The molecule has 68 valence electrons. The molecule has 0 aliphatic heterocycles. The predicted octanol–water partition coefficient (Wildman–Crippen LogP) is 2.53. The average molecular weight is 166 g/mol. The summed E-state index contributed by atoms with van der Waals surface area (Å²) in [6.07, 6.45) is 7.47. The van der Waals surface area contributed by atoms with Gasteiger partial charge in [-0.1, -0.05) is 37.6 Å². The zero-order valence-corrected chi connectivity index (χ0v) is 8.17. The van der Waals surface area contributed by atoms with Gasteiger partial charge in [-0.25, -0.2) is 0 Å². The summed E-state index contributed by atoms with van der Waals surface area (Å²) in [5, 5.41) is 9.15. The fraction of sp³-hybridized carbons (Fsp3) is 0.636. The van der Waals surface area contributed by atoms with Gasteiger partial charge in [0.05, 0.1) is 0 Å². The van der Waals surface area contributed by atoms with Gasteiger partial charge in [0, 0.05) is 12.5 Å². The van der Waals surface area contributed by atoms with Gasteiger partial charge in [0.25, 0.3) is 0 Å². The first-order valence-electron chi connectivity index (χ1n) is 4.52. The Morgan fingerprint density at radius 3 is 2.83 bits per heavy atom. The first kappa shape index (κ1) is 9.53. The standard InChI is InChI=1S/C11H18O/c1-9-5-4-6-11(2,3)7-10(9)8-12/h4-6,10,12H,7-8H2,1-3H3. The van der Waals surface area contributed by atoms with Gasteiger partial charge in [-0.05, 0) is 18.8 Å². The molecule has 1 unspecified atom stereocenters. The monoisotopic (exact) mass is 166 g/mol. The van der Waals surface area contributed by atoms with Crippen molar-refractivity contribution in [1.29, 1.82) is 0 Å². The number of hydrogen-bond acceptors (Lipinski definition) is 1. The average Bonchev–Trinajstić information content (AvgIpc) is 2.10. The van der Waals surface area contributed by atoms with Crippen LogP contribution >= 0.6 is 0 Å². The largest absolute Gasteiger partial charge is 0.396 e. The fourth-order valence-electron chi connectivity index (χ4n) is 1.67. The van der Waals surface area contributed by atoms with Gasteiger partial charge in [-0.15, -0.1) is 0 Å². The highest BCUT2D eigenvalue weighted by Gasteiger charge is 2.22. The lowest BCUT2D eigenvalue weighted by Crippen LogP contribution is -2.17. The van der Waals surface area contributed by atoms with Crippen LogP contribution in [0.15, 0.2) is 23.8 Å². The summed E-state index contributed by atoms with van der Waals surface area (Å²) in [6, 6.07) is 0. The summed E-state index contributed by atoms with van der Waals surface area (Å²) < 4.78 is 0. The highest BCUT2D eigenvalue weighted by Crippen LogP contribution is 2.32. The van der Waals surface area contributed by atoms with E-state index in [1.54, 1.807) is 0 Å². The molecule has 0 saturated heterocycles. The Hall–Kier alpha value is -0.560. The molecule has 0 bridgehead atoms. The smallest absolute Gasteiger partial charge is 0.0496 e. The molecule has 1 rings (SSSR count). The lowest BCUT2D eigenvalue weighted by Gasteiger charge is -2.24.